The van der Waals surface area contributed by atoms with Crippen LogP contribution in [-0.2, 0) is 0 Å². The van der Waals surface area contributed by atoms with E-state index < -0.39 is 0 Å². The van der Waals surface area contributed by atoms with E-state index in [2.05, 4.69) is 6.92 Å². The highest BCUT2D eigenvalue weighted by atomic mass is 35.5. The Morgan fingerprint density at radius 1 is 1.30 bits per heavy atom. The number of nitrogens with two attached hydrogens (primary N) is 1. The maximum absolute atomic E-state index is 12.5. The van der Waals surface area contributed by atoms with Crippen molar-refractivity contribution in [3.63, 3.8) is 0 Å². The number of nitrogen functional groups attached to an aromatic ring is 1. The molecular weight excluding hydrogens is 276 g/mol. The molecule has 112 valence electrons. The Morgan fingerprint density at radius 3 is 2.65 bits per heavy atom. The molecule has 0 aliphatic carbocycles. The SMILES string of the molecule is CCCCCCN(CCO)C(=O)c1c(N)cccc1Cl. The number of halogens is 1. The Bertz CT molecular complexity index is 418. The zero-order chi connectivity index (χ0) is 15.0. The monoisotopic (exact) mass is 298 g/mol. The minimum absolute atomic E-state index is 0.0656. The van der Waals surface area contributed by atoms with Crippen molar-refractivity contribution < 1.29 is 9.90 Å². The molecule has 1 aromatic carbocycles. The third kappa shape index (κ3) is 4.69. The molecule has 1 amide bonds. The zero-order valence-corrected chi connectivity index (χ0v) is 12.7. The average Bonchev–Trinajstić information content (AvgIpc) is 2.42. The standard InChI is InChI=1S/C15H23ClN2O2/c1-2-3-4-5-9-18(10-11-19)15(20)14-12(16)7-6-8-13(14)17/h6-8,19H,2-5,9-11,17H2,1H3. The minimum atomic E-state index is -0.210. The number of aliphatic hydroxyl groups excluding tert-OH is 1. The summed E-state index contributed by atoms with van der Waals surface area (Å²) in [5.74, 6) is -0.210. The van der Waals surface area contributed by atoms with E-state index in [4.69, 9.17) is 22.4 Å². The van der Waals surface area contributed by atoms with E-state index >= 15 is 0 Å². The lowest BCUT2D eigenvalue weighted by atomic mass is 10.1. The molecule has 1 rings (SSSR count). The summed E-state index contributed by atoms with van der Waals surface area (Å²) < 4.78 is 0. The molecule has 0 saturated heterocycles. The van der Waals surface area contributed by atoms with Crippen molar-refractivity contribution in [2.24, 2.45) is 0 Å². The molecule has 0 unspecified atom stereocenters. The number of amides is 1. The van der Waals surface area contributed by atoms with Gasteiger partial charge in [-0.25, -0.2) is 0 Å². The zero-order valence-electron chi connectivity index (χ0n) is 11.9. The number of benzene rings is 1. The maximum Gasteiger partial charge on any atom is 0.257 e. The largest absolute Gasteiger partial charge is 0.398 e. The highest BCUT2D eigenvalue weighted by Gasteiger charge is 2.20. The highest BCUT2D eigenvalue weighted by Crippen LogP contribution is 2.23. The summed E-state index contributed by atoms with van der Waals surface area (Å²) in [6, 6.07) is 5.03. The van der Waals surface area contributed by atoms with Crippen LogP contribution in [0.2, 0.25) is 5.02 Å². The maximum atomic E-state index is 12.5. The molecule has 0 fully saturated rings. The van der Waals surface area contributed by atoms with Crippen LogP contribution in [0, 0.1) is 0 Å². The number of anilines is 1. The van der Waals surface area contributed by atoms with Gasteiger partial charge in [0.1, 0.15) is 0 Å². The predicted octanol–water partition coefficient (Wildman–Crippen LogP) is 2.94. The summed E-state index contributed by atoms with van der Waals surface area (Å²) in [4.78, 5) is 14.1. The molecule has 3 N–H and O–H groups in total. The van der Waals surface area contributed by atoms with Gasteiger partial charge in [0.15, 0.2) is 0 Å². The first-order chi connectivity index (χ1) is 9.61. The predicted molar refractivity (Wildman–Crippen MR) is 83.0 cm³/mol. The van der Waals surface area contributed by atoms with E-state index in [1.807, 2.05) is 0 Å². The molecule has 20 heavy (non-hydrogen) atoms. The van der Waals surface area contributed by atoms with E-state index in [-0.39, 0.29) is 12.5 Å². The van der Waals surface area contributed by atoms with E-state index in [0.717, 1.165) is 25.7 Å². The highest BCUT2D eigenvalue weighted by molar-refractivity contribution is 6.34. The summed E-state index contributed by atoms with van der Waals surface area (Å²) in [5, 5.41) is 9.47. The van der Waals surface area contributed by atoms with Gasteiger partial charge in [-0.3, -0.25) is 4.79 Å². The Morgan fingerprint density at radius 2 is 2.05 bits per heavy atom. The van der Waals surface area contributed by atoms with Crippen molar-refractivity contribution >= 4 is 23.2 Å². The van der Waals surface area contributed by atoms with Crippen LogP contribution in [0.25, 0.3) is 0 Å². The van der Waals surface area contributed by atoms with Crippen molar-refractivity contribution in [1.29, 1.82) is 0 Å². The first kappa shape index (κ1) is 16.8. The van der Waals surface area contributed by atoms with E-state index in [1.54, 1.807) is 23.1 Å². The Hall–Kier alpha value is -1.26. The van der Waals surface area contributed by atoms with Crippen LogP contribution in [0.4, 0.5) is 5.69 Å². The van der Waals surface area contributed by atoms with E-state index in [1.165, 1.54) is 0 Å². The number of carbonyl (C=O) groups excluding carboxylic acids is 1. The van der Waals surface area contributed by atoms with Gasteiger partial charge in [0.2, 0.25) is 0 Å². The third-order valence-electron chi connectivity index (χ3n) is 3.20. The van der Waals surface area contributed by atoms with Crippen molar-refractivity contribution in [1.82, 2.24) is 4.90 Å². The van der Waals surface area contributed by atoms with Crippen LogP contribution in [-0.4, -0.2) is 35.6 Å². The Balaban J connectivity index is 2.77. The van der Waals surface area contributed by atoms with E-state index in [9.17, 15) is 4.79 Å². The molecule has 0 aromatic heterocycles. The lowest BCUT2D eigenvalue weighted by molar-refractivity contribution is 0.0719. The number of rotatable bonds is 8. The average molecular weight is 299 g/mol. The molecular formula is C15H23ClN2O2. The van der Waals surface area contributed by atoms with Crippen LogP contribution < -0.4 is 5.73 Å². The molecule has 0 aliphatic rings. The summed E-state index contributed by atoms with van der Waals surface area (Å²) in [5.41, 5.74) is 6.54. The molecule has 0 atom stereocenters. The van der Waals surface area contributed by atoms with Crippen LogP contribution in [0.15, 0.2) is 18.2 Å². The molecule has 0 bridgehead atoms. The molecule has 0 aliphatic heterocycles. The quantitative estimate of drug-likeness (QED) is 0.573. The minimum Gasteiger partial charge on any atom is -0.398 e. The van der Waals surface area contributed by atoms with Gasteiger partial charge in [-0.05, 0) is 18.6 Å². The lowest BCUT2D eigenvalue weighted by Gasteiger charge is -2.23. The van der Waals surface area contributed by atoms with Gasteiger partial charge < -0.3 is 15.7 Å². The summed E-state index contributed by atoms with van der Waals surface area (Å²) >= 11 is 6.06. The molecule has 4 nitrogen and oxygen atoms in total. The second-order valence-corrected chi connectivity index (χ2v) is 5.19. The number of unbranched alkanes of at least 4 members (excludes halogenated alkanes) is 3. The fourth-order valence-electron chi connectivity index (χ4n) is 2.09. The first-order valence-corrected chi connectivity index (χ1v) is 7.43. The summed E-state index contributed by atoms with van der Waals surface area (Å²) in [6.07, 6.45) is 4.29. The van der Waals surface area contributed by atoms with Gasteiger partial charge in [0.05, 0.1) is 17.2 Å². The van der Waals surface area contributed by atoms with Crippen molar-refractivity contribution in [3.05, 3.63) is 28.8 Å². The number of aliphatic hydroxyl groups is 1. The Labute approximate surface area is 125 Å². The van der Waals surface area contributed by atoms with E-state index in [0.29, 0.717) is 29.4 Å². The van der Waals surface area contributed by atoms with Gasteiger partial charge in [0.25, 0.3) is 5.91 Å². The number of hydrogen-bond acceptors (Lipinski definition) is 3. The lowest BCUT2D eigenvalue weighted by Crippen LogP contribution is -2.35. The Kier molecular flexibility index (Phi) is 7.41. The fourth-order valence-corrected chi connectivity index (χ4v) is 2.35. The molecule has 1 aromatic rings. The second kappa shape index (κ2) is 8.82. The number of nitrogens with zero attached hydrogens (tertiary/aromatic N) is 1. The molecule has 0 saturated carbocycles. The van der Waals surface area contributed by atoms with Crippen molar-refractivity contribution in [2.75, 3.05) is 25.4 Å². The van der Waals surface area contributed by atoms with Crippen molar-refractivity contribution in [2.45, 2.75) is 32.6 Å². The van der Waals surface area contributed by atoms with Crippen LogP contribution >= 0.6 is 11.6 Å². The van der Waals surface area contributed by atoms with Crippen LogP contribution in [0.5, 0.6) is 0 Å². The fraction of sp³-hybridized carbons (Fsp3) is 0.533. The molecule has 5 heteroatoms. The summed E-state index contributed by atoms with van der Waals surface area (Å²) in [6.45, 7) is 2.99. The van der Waals surface area contributed by atoms with Gasteiger partial charge >= 0.3 is 0 Å². The second-order valence-electron chi connectivity index (χ2n) is 4.78. The first-order valence-electron chi connectivity index (χ1n) is 7.06. The van der Waals surface area contributed by atoms with Crippen molar-refractivity contribution in [3.8, 4) is 0 Å². The normalized spacial score (nSPS) is 10.6. The molecule has 0 heterocycles. The third-order valence-corrected chi connectivity index (χ3v) is 3.51. The van der Waals surface area contributed by atoms with Crippen LogP contribution in [0.1, 0.15) is 43.0 Å². The topological polar surface area (TPSA) is 66.6 Å². The van der Waals surface area contributed by atoms with Crippen LogP contribution in [0.3, 0.4) is 0 Å². The smallest absolute Gasteiger partial charge is 0.257 e. The number of carbonyl (C=O) groups is 1. The summed E-state index contributed by atoms with van der Waals surface area (Å²) in [7, 11) is 0. The molecule has 0 spiro atoms. The number of hydrogen-bond donors (Lipinski definition) is 2. The van der Waals surface area contributed by atoms with Gasteiger partial charge in [0, 0.05) is 18.8 Å². The van der Waals surface area contributed by atoms with Gasteiger partial charge in [-0.15, -0.1) is 0 Å². The van der Waals surface area contributed by atoms with Gasteiger partial charge in [-0.2, -0.15) is 0 Å². The van der Waals surface area contributed by atoms with Gasteiger partial charge in [-0.1, -0.05) is 43.9 Å². The molecule has 0 radical (unpaired) electrons.